The van der Waals surface area contributed by atoms with Crippen molar-refractivity contribution in [1.29, 1.82) is 0 Å². The molecule has 2 atom stereocenters. The van der Waals surface area contributed by atoms with E-state index in [-0.39, 0.29) is 6.10 Å². The highest BCUT2D eigenvalue weighted by atomic mass is 35.5. The summed E-state index contributed by atoms with van der Waals surface area (Å²) >= 11 is 6.29. The third kappa shape index (κ3) is 3.45. The maximum absolute atomic E-state index is 11.7. The Balaban J connectivity index is 1.61. The number of likely N-dealkylation sites (tertiary alicyclic amines) is 1. The predicted octanol–water partition coefficient (Wildman–Crippen LogP) is 2.72. The van der Waals surface area contributed by atoms with Gasteiger partial charge in [-0.1, -0.05) is 29.8 Å². The van der Waals surface area contributed by atoms with E-state index in [1.807, 2.05) is 29.2 Å². The fourth-order valence-electron chi connectivity index (χ4n) is 3.23. The number of hydrogen-bond donors (Lipinski definition) is 0. The van der Waals surface area contributed by atoms with Crippen molar-refractivity contribution in [2.75, 3.05) is 32.8 Å². The molecule has 2 fully saturated rings. The minimum atomic E-state index is 0.0131. The molecule has 0 bridgehead atoms. The summed E-state index contributed by atoms with van der Waals surface area (Å²) in [6, 6.07) is 8.25. The Kier molecular flexibility index (Phi) is 5.01. The van der Waals surface area contributed by atoms with Crippen molar-refractivity contribution in [3.8, 4) is 0 Å². The number of carbonyl (C=O) groups is 1. The van der Waals surface area contributed by atoms with Gasteiger partial charge in [0, 0.05) is 49.2 Å². The summed E-state index contributed by atoms with van der Waals surface area (Å²) in [7, 11) is 0. The zero-order valence-corrected chi connectivity index (χ0v) is 13.8. The van der Waals surface area contributed by atoms with Gasteiger partial charge in [-0.2, -0.15) is 0 Å². The molecular formula is C17H23ClN2O2. The Morgan fingerprint density at radius 2 is 2.14 bits per heavy atom. The van der Waals surface area contributed by atoms with Gasteiger partial charge in [0.05, 0.1) is 12.7 Å². The molecule has 4 nitrogen and oxygen atoms in total. The summed E-state index contributed by atoms with van der Waals surface area (Å²) in [5.41, 5.74) is 1.05. The maximum Gasteiger partial charge on any atom is 0.222 e. The first-order valence-corrected chi connectivity index (χ1v) is 8.41. The first kappa shape index (κ1) is 15.8. The van der Waals surface area contributed by atoms with Crippen LogP contribution >= 0.6 is 11.6 Å². The number of rotatable bonds is 4. The Hall–Kier alpha value is -1.10. The van der Waals surface area contributed by atoms with Crippen molar-refractivity contribution in [2.24, 2.45) is 0 Å². The first-order valence-electron chi connectivity index (χ1n) is 8.03. The van der Waals surface area contributed by atoms with Gasteiger partial charge in [-0.3, -0.25) is 9.69 Å². The number of amides is 1. The van der Waals surface area contributed by atoms with Crippen LogP contribution in [0.25, 0.3) is 0 Å². The van der Waals surface area contributed by atoms with Crippen molar-refractivity contribution in [3.63, 3.8) is 0 Å². The van der Waals surface area contributed by atoms with Gasteiger partial charge >= 0.3 is 0 Å². The molecule has 2 aliphatic heterocycles. The number of halogens is 1. The normalized spacial score (nSPS) is 26.6. The summed E-state index contributed by atoms with van der Waals surface area (Å²) in [6.07, 6.45) is 1.72. The SMILES string of the molecule is CC1COC(c2ccccc2Cl)CN1CCN1CCCC1=O. The number of benzene rings is 1. The molecular weight excluding hydrogens is 300 g/mol. The van der Waals surface area contributed by atoms with Crippen LogP contribution in [-0.2, 0) is 9.53 Å². The molecule has 22 heavy (non-hydrogen) atoms. The van der Waals surface area contributed by atoms with Crippen LogP contribution in [0.4, 0.5) is 0 Å². The van der Waals surface area contributed by atoms with E-state index in [4.69, 9.17) is 16.3 Å². The lowest BCUT2D eigenvalue weighted by Gasteiger charge is -2.39. The maximum atomic E-state index is 11.7. The molecule has 3 rings (SSSR count). The highest BCUT2D eigenvalue weighted by Crippen LogP contribution is 2.29. The van der Waals surface area contributed by atoms with Gasteiger partial charge in [-0.25, -0.2) is 0 Å². The highest BCUT2D eigenvalue weighted by molar-refractivity contribution is 6.31. The fourth-order valence-corrected chi connectivity index (χ4v) is 3.49. The summed E-state index contributed by atoms with van der Waals surface area (Å²) < 4.78 is 5.97. The van der Waals surface area contributed by atoms with Crippen molar-refractivity contribution >= 4 is 17.5 Å². The second-order valence-electron chi connectivity index (χ2n) is 6.17. The lowest BCUT2D eigenvalue weighted by atomic mass is 10.1. The van der Waals surface area contributed by atoms with E-state index in [0.29, 0.717) is 25.0 Å². The molecule has 0 aromatic heterocycles. The first-order chi connectivity index (χ1) is 10.6. The Bertz CT molecular complexity index is 537. The van der Waals surface area contributed by atoms with Crippen molar-refractivity contribution < 1.29 is 9.53 Å². The molecule has 0 radical (unpaired) electrons. The van der Waals surface area contributed by atoms with Gasteiger partial charge in [0.2, 0.25) is 5.91 Å². The Labute approximate surface area is 137 Å². The molecule has 1 aromatic rings. The van der Waals surface area contributed by atoms with E-state index in [0.717, 1.165) is 43.2 Å². The zero-order valence-electron chi connectivity index (χ0n) is 13.0. The number of hydrogen-bond acceptors (Lipinski definition) is 3. The molecule has 2 unspecified atom stereocenters. The smallest absolute Gasteiger partial charge is 0.222 e. The van der Waals surface area contributed by atoms with Gasteiger partial charge < -0.3 is 9.64 Å². The predicted molar refractivity (Wildman–Crippen MR) is 87.0 cm³/mol. The quantitative estimate of drug-likeness (QED) is 0.854. The fraction of sp³-hybridized carbons (Fsp3) is 0.588. The highest BCUT2D eigenvalue weighted by Gasteiger charge is 2.29. The molecule has 2 saturated heterocycles. The van der Waals surface area contributed by atoms with Gasteiger partial charge in [0.25, 0.3) is 0 Å². The molecule has 1 amide bonds. The van der Waals surface area contributed by atoms with E-state index < -0.39 is 0 Å². The van der Waals surface area contributed by atoms with E-state index in [9.17, 15) is 4.79 Å². The second kappa shape index (κ2) is 6.99. The number of carbonyl (C=O) groups excluding carboxylic acids is 1. The van der Waals surface area contributed by atoms with Gasteiger partial charge in [-0.15, -0.1) is 0 Å². The molecule has 5 heteroatoms. The van der Waals surface area contributed by atoms with E-state index in [1.165, 1.54) is 0 Å². The summed E-state index contributed by atoms with van der Waals surface area (Å²) in [6.45, 7) is 6.33. The topological polar surface area (TPSA) is 32.8 Å². The largest absolute Gasteiger partial charge is 0.371 e. The molecule has 0 N–H and O–H groups in total. The number of nitrogens with zero attached hydrogens (tertiary/aromatic N) is 2. The van der Waals surface area contributed by atoms with Gasteiger partial charge in [0.1, 0.15) is 0 Å². The standard InChI is InChI=1S/C17H23ClN2O2/c1-13-12-22-16(14-5-2-3-6-15(14)18)11-20(13)10-9-19-8-4-7-17(19)21/h2-3,5-6,13,16H,4,7-12H2,1H3. The van der Waals surface area contributed by atoms with Crippen LogP contribution in [0.1, 0.15) is 31.4 Å². The van der Waals surface area contributed by atoms with Gasteiger partial charge in [-0.05, 0) is 19.4 Å². The van der Waals surface area contributed by atoms with Crippen LogP contribution in [-0.4, -0.2) is 54.5 Å². The summed E-state index contributed by atoms with van der Waals surface area (Å²) in [5, 5.41) is 0.761. The lowest BCUT2D eigenvalue weighted by molar-refractivity contribution is -0.128. The molecule has 0 saturated carbocycles. The van der Waals surface area contributed by atoms with Crippen LogP contribution in [0.2, 0.25) is 5.02 Å². The van der Waals surface area contributed by atoms with E-state index in [2.05, 4.69) is 11.8 Å². The number of morpholine rings is 1. The zero-order chi connectivity index (χ0) is 15.5. The molecule has 0 spiro atoms. The minimum absolute atomic E-state index is 0.0131. The number of ether oxygens (including phenoxy) is 1. The molecule has 120 valence electrons. The van der Waals surface area contributed by atoms with Crippen molar-refractivity contribution in [1.82, 2.24) is 9.80 Å². The van der Waals surface area contributed by atoms with Crippen LogP contribution in [0, 0.1) is 0 Å². The third-order valence-corrected chi connectivity index (χ3v) is 4.99. The van der Waals surface area contributed by atoms with E-state index >= 15 is 0 Å². The average molecular weight is 323 g/mol. The average Bonchev–Trinajstić information content (AvgIpc) is 2.92. The lowest BCUT2D eigenvalue weighted by Crippen LogP contribution is -2.48. The minimum Gasteiger partial charge on any atom is -0.371 e. The Morgan fingerprint density at radius 1 is 1.32 bits per heavy atom. The second-order valence-corrected chi connectivity index (χ2v) is 6.58. The third-order valence-electron chi connectivity index (χ3n) is 4.64. The van der Waals surface area contributed by atoms with E-state index in [1.54, 1.807) is 0 Å². The van der Waals surface area contributed by atoms with Crippen LogP contribution in [0.3, 0.4) is 0 Å². The molecule has 2 aliphatic rings. The van der Waals surface area contributed by atoms with Crippen molar-refractivity contribution in [3.05, 3.63) is 34.9 Å². The molecule has 1 aromatic carbocycles. The van der Waals surface area contributed by atoms with Gasteiger partial charge in [0.15, 0.2) is 0 Å². The molecule has 2 heterocycles. The monoisotopic (exact) mass is 322 g/mol. The summed E-state index contributed by atoms with van der Waals surface area (Å²) in [5.74, 6) is 0.295. The van der Waals surface area contributed by atoms with Crippen molar-refractivity contribution in [2.45, 2.75) is 31.9 Å². The van der Waals surface area contributed by atoms with Crippen LogP contribution in [0.5, 0.6) is 0 Å². The Morgan fingerprint density at radius 3 is 2.86 bits per heavy atom. The summed E-state index contributed by atoms with van der Waals surface area (Å²) in [4.78, 5) is 16.1. The van der Waals surface area contributed by atoms with Crippen LogP contribution in [0.15, 0.2) is 24.3 Å². The molecule has 0 aliphatic carbocycles. The van der Waals surface area contributed by atoms with Crippen LogP contribution < -0.4 is 0 Å².